The number of hydrogen-bond donors (Lipinski definition) is 0. The smallest absolute Gasteiger partial charge is 0.286 e. The minimum absolute atomic E-state index is 0.0291. The summed E-state index contributed by atoms with van der Waals surface area (Å²) in [4.78, 5) is 14.9. The van der Waals surface area contributed by atoms with Crippen molar-refractivity contribution in [2.45, 2.75) is 30.5 Å². The molecule has 0 saturated carbocycles. The molecule has 1 amide bonds. The van der Waals surface area contributed by atoms with Crippen molar-refractivity contribution >= 4 is 40.2 Å². The van der Waals surface area contributed by atoms with E-state index in [-0.39, 0.29) is 10.6 Å². The summed E-state index contributed by atoms with van der Waals surface area (Å²) in [6.07, 6.45) is 0.909. The first-order valence-electron chi connectivity index (χ1n) is 6.30. The van der Waals surface area contributed by atoms with Gasteiger partial charge < -0.3 is 4.90 Å². The molecule has 0 N–H and O–H groups in total. The number of benzene rings is 1. The average molecular weight is 320 g/mol. The molecule has 19 heavy (non-hydrogen) atoms. The first-order valence-corrected chi connectivity index (χ1v) is 8.09. The molecule has 5 heteroatoms. The number of carbonyl (C=O) groups excluding carboxylic acids is 1. The van der Waals surface area contributed by atoms with Crippen molar-refractivity contribution in [2.75, 3.05) is 19.0 Å². The lowest BCUT2D eigenvalue weighted by molar-refractivity contribution is 0.223. The van der Waals surface area contributed by atoms with E-state index < -0.39 is 0 Å². The lowest BCUT2D eigenvalue weighted by atomic mass is 10.2. The highest BCUT2D eigenvalue weighted by Crippen LogP contribution is 2.22. The molecule has 0 aromatic heterocycles. The van der Waals surface area contributed by atoms with E-state index >= 15 is 0 Å². The van der Waals surface area contributed by atoms with Gasteiger partial charge in [0.25, 0.3) is 5.24 Å². The van der Waals surface area contributed by atoms with Crippen molar-refractivity contribution in [2.24, 2.45) is 0 Å². The van der Waals surface area contributed by atoms with Crippen LogP contribution >= 0.6 is 35.0 Å². The SMILES string of the molecule is CCCN(CC(Cl)CCl)C(=O)Sc1ccc(C)cc1. The summed E-state index contributed by atoms with van der Waals surface area (Å²) in [6.45, 7) is 5.27. The number of rotatable bonds is 6. The monoisotopic (exact) mass is 319 g/mol. The minimum Gasteiger partial charge on any atom is -0.332 e. The van der Waals surface area contributed by atoms with Gasteiger partial charge in [0, 0.05) is 23.9 Å². The molecular formula is C14H19Cl2NOS. The first-order chi connectivity index (χ1) is 9.06. The third-order valence-electron chi connectivity index (χ3n) is 2.56. The Bertz CT molecular complexity index is 397. The van der Waals surface area contributed by atoms with Gasteiger partial charge in [-0.2, -0.15) is 0 Å². The molecule has 0 fully saturated rings. The van der Waals surface area contributed by atoms with Gasteiger partial charge in [0.15, 0.2) is 0 Å². The van der Waals surface area contributed by atoms with Crippen LogP contribution in [0.5, 0.6) is 0 Å². The lowest BCUT2D eigenvalue weighted by Gasteiger charge is -2.23. The number of halogens is 2. The molecule has 1 unspecified atom stereocenters. The van der Waals surface area contributed by atoms with Gasteiger partial charge in [-0.1, -0.05) is 24.6 Å². The van der Waals surface area contributed by atoms with E-state index in [9.17, 15) is 4.79 Å². The molecule has 1 atom stereocenters. The van der Waals surface area contributed by atoms with Crippen molar-refractivity contribution in [1.82, 2.24) is 4.90 Å². The second-order valence-electron chi connectivity index (χ2n) is 4.38. The van der Waals surface area contributed by atoms with E-state index in [1.54, 1.807) is 4.90 Å². The van der Waals surface area contributed by atoms with Crippen LogP contribution < -0.4 is 0 Å². The van der Waals surface area contributed by atoms with Crippen molar-refractivity contribution in [3.8, 4) is 0 Å². The van der Waals surface area contributed by atoms with E-state index in [4.69, 9.17) is 23.2 Å². The molecule has 0 saturated heterocycles. The number of alkyl halides is 2. The van der Waals surface area contributed by atoms with Crippen molar-refractivity contribution < 1.29 is 4.79 Å². The zero-order chi connectivity index (χ0) is 14.3. The number of aryl methyl sites for hydroxylation is 1. The van der Waals surface area contributed by atoms with Crippen LogP contribution in [0.25, 0.3) is 0 Å². The van der Waals surface area contributed by atoms with E-state index in [2.05, 4.69) is 0 Å². The predicted octanol–water partition coefficient (Wildman–Crippen LogP) is 4.77. The van der Waals surface area contributed by atoms with Crippen LogP contribution in [0.2, 0.25) is 0 Å². The minimum atomic E-state index is -0.198. The van der Waals surface area contributed by atoms with Crippen LogP contribution in [0, 0.1) is 6.92 Å². The van der Waals surface area contributed by atoms with Gasteiger partial charge >= 0.3 is 0 Å². The summed E-state index contributed by atoms with van der Waals surface area (Å²) in [5, 5.41) is -0.169. The second-order valence-corrected chi connectivity index (χ2v) is 6.33. The standard InChI is InChI=1S/C14H19Cl2NOS/c1-3-8-17(10-12(16)9-15)14(18)19-13-6-4-11(2)5-7-13/h4-7,12H,3,8-10H2,1-2H3. The van der Waals surface area contributed by atoms with E-state index in [0.717, 1.165) is 11.3 Å². The molecule has 0 spiro atoms. The summed E-state index contributed by atoms with van der Waals surface area (Å²) in [6, 6.07) is 7.93. The highest BCUT2D eigenvalue weighted by atomic mass is 35.5. The quantitative estimate of drug-likeness (QED) is 0.556. The van der Waals surface area contributed by atoms with Crippen molar-refractivity contribution in [3.63, 3.8) is 0 Å². The fraction of sp³-hybridized carbons (Fsp3) is 0.500. The molecular weight excluding hydrogens is 301 g/mol. The molecule has 106 valence electrons. The van der Waals surface area contributed by atoms with Crippen molar-refractivity contribution in [3.05, 3.63) is 29.8 Å². The molecule has 1 rings (SSSR count). The maximum atomic E-state index is 12.2. The Morgan fingerprint density at radius 1 is 1.37 bits per heavy atom. The fourth-order valence-electron chi connectivity index (χ4n) is 1.59. The molecule has 0 heterocycles. The Balaban J connectivity index is 2.63. The topological polar surface area (TPSA) is 20.3 Å². The first kappa shape index (κ1) is 16.7. The third-order valence-corrected chi connectivity index (χ3v) is 4.33. The van der Waals surface area contributed by atoms with Crippen LogP contribution in [0.15, 0.2) is 29.2 Å². The van der Waals surface area contributed by atoms with Crippen LogP contribution in [0.1, 0.15) is 18.9 Å². The van der Waals surface area contributed by atoms with E-state index in [1.807, 2.05) is 38.1 Å². The van der Waals surface area contributed by atoms with Gasteiger partial charge in [-0.25, -0.2) is 0 Å². The van der Waals surface area contributed by atoms with Gasteiger partial charge in [-0.3, -0.25) is 4.79 Å². The summed E-state index contributed by atoms with van der Waals surface area (Å²) in [5.74, 6) is 0.351. The van der Waals surface area contributed by atoms with E-state index in [1.165, 1.54) is 17.3 Å². The molecule has 0 aliphatic carbocycles. The Hall–Kier alpha value is -0.380. The van der Waals surface area contributed by atoms with E-state index in [0.29, 0.717) is 19.0 Å². The van der Waals surface area contributed by atoms with Crippen molar-refractivity contribution in [1.29, 1.82) is 0 Å². The molecule has 1 aromatic carbocycles. The summed E-state index contributed by atoms with van der Waals surface area (Å²) in [7, 11) is 0. The van der Waals surface area contributed by atoms with Gasteiger partial charge in [-0.05, 0) is 37.2 Å². The Kier molecular flexibility index (Phi) is 7.66. The number of amides is 1. The van der Waals surface area contributed by atoms with Crippen LogP contribution in [0.3, 0.4) is 0 Å². The predicted molar refractivity (Wildman–Crippen MR) is 84.7 cm³/mol. The summed E-state index contributed by atoms with van der Waals surface area (Å²) in [5.41, 5.74) is 1.19. The second kappa shape index (κ2) is 8.72. The molecule has 0 aliphatic heterocycles. The molecule has 0 aliphatic rings. The number of hydrogen-bond acceptors (Lipinski definition) is 2. The van der Waals surface area contributed by atoms with Crippen LogP contribution in [-0.2, 0) is 0 Å². The molecule has 2 nitrogen and oxygen atoms in total. The molecule has 1 aromatic rings. The number of carbonyl (C=O) groups is 1. The number of nitrogens with zero attached hydrogens (tertiary/aromatic N) is 1. The van der Waals surface area contributed by atoms with Gasteiger partial charge in [0.1, 0.15) is 0 Å². The fourth-order valence-corrected chi connectivity index (χ4v) is 2.62. The average Bonchev–Trinajstić information content (AvgIpc) is 2.40. The maximum absolute atomic E-state index is 12.2. The zero-order valence-corrected chi connectivity index (χ0v) is 13.6. The van der Waals surface area contributed by atoms with Gasteiger partial charge in [-0.15, -0.1) is 23.2 Å². The Labute approximate surface area is 129 Å². The highest BCUT2D eigenvalue weighted by molar-refractivity contribution is 8.13. The maximum Gasteiger partial charge on any atom is 0.286 e. The molecule has 0 radical (unpaired) electrons. The normalized spacial score (nSPS) is 12.2. The summed E-state index contributed by atoms with van der Waals surface area (Å²) < 4.78 is 0. The Morgan fingerprint density at radius 3 is 2.53 bits per heavy atom. The highest BCUT2D eigenvalue weighted by Gasteiger charge is 2.17. The molecule has 0 bridgehead atoms. The zero-order valence-electron chi connectivity index (χ0n) is 11.2. The number of thioether (sulfide) groups is 1. The Morgan fingerprint density at radius 2 is 2.00 bits per heavy atom. The van der Waals surface area contributed by atoms with Crippen LogP contribution in [-0.4, -0.2) is 34.5 Å². The van der Waals surface area contributed by atoms with Crippen LogP contribution in [0.4, 0.5) is 4.79 Å². The third kappa shape index (κ3) is 6.07. The lowest BCUT2D eigenvalue weighted by Crippen LogP contribution is -2.34. The van der Waals surface area contributed by atoms with Gasteiger partial charge in [0.05, 0.1) is 5.38 Å². The summed E-state index contributed by atoms with van der Waals surface area (Å²) >= 11 is 13.0. The van der Waals surface area contributed by atoms with Gasteiger partial charge in [0.2, 0.25) is 0 Å². The largest absolute Gasteiger partial charge is 0.332 e.